The van der Waals surface area contributed by atoms with Gasteiger partial charge in [-0.05, 0) is 30.5 Å². The summed E-state index contributed by atoms with van der Waals surface area (Å²) >= 11 is 0. The van der Waals surface area contributed by atoms with Crippen molar-refractivity contribution in [1.29, 1.82) is 0 Å². The van der Waals surface area contributed by atoms with Crippen molar-refractivity contribution in [3.05, 3.63) is 29.3 Å². The normalized spacial score (nSPS) is 27.2. The Balaban J connectivity index is 1.90. The minimum absolute atomic E-state index is 0.232. The van der Waals surface area contributed by atoms with Crippen LogP contribution in [0.5, 0.6) is 5.75 Å². The Morgan fingerprint density at radius 2 is 2.29 bits per heavy atom. The summed E-state index contributed by atoms with van der Waals surface area (Å²) in [5.41, 5.74) is 5.15. The second-order valence-corrected chi connectivity index (χ2v) is 4.63. The van der Waals surface area contributed by atoms with E-state index in [1.165, 1.54) is 0 Å². The molecule has 4 heteroatoms. The number of Topliss-reactive ketones (excluding diaryl/α,β-unsaturated/α-hetero) is 1. The molecule has 1 heterocycles. The molecule has 1 N–H and O–H groups in total. The van der Waals surface area contributed by atoms with E-state index in [0.29, 0.717) is 12.5 Å². The molecule has 3 rings (SSSR count). The van der Waals surface area contributed by atoms with Gasteiger partial charge in [0, 0.05) is 18.0 Å². The van der Waals surface area contributed by atoms with Gasteiger partial charge in [-0.15, -0.1) is 0 Å². The molecule has 1 aliphatic carbocycles. The highest BCUT2D eigenvalue weighted by Crippen LogP contribution is 2.27. The molecule has 1 aromatic rings. The van der Waals surface area contributed by atoms with E-state index in [9.17, 15) is 4.79 Å². The van der Waals surface area contributed by atoms with Crippen LogP contribution in [0.4, 0.5) is 0 Å². The zero-order valence-corrected chi connectivity index (χ0v) is 9.90. The summed E-state index contributed by atoms with van der Waals surface area (Å²) in [4.78, 5) is 12.2. The number of aryl methyl sites for hydroxylation is 1. The molecule has 1 aromatic carbocycles. The van der Waals surface area contributed by atoms with Crippen LogP contribution >= 0.6 is 0 Å². The van der Waals surface area contributed by atoms with E-state index in [0.717, 1.165) is 36.4 Å². The van der Waals surface area contributed by atoms with Crippen molar-refractivity contribution >= 4 is 5.78 Å². The van der Waals surface area contributed by atoms with Gasteiger partial charge in [0.05, 0.1) is 13.8 Å². The van der Waals surface area contributed by atoms with E-state index < -0.39 is 0 Å². The number of nitrogens with zero attached hydrogens (tertiary/aromatic N) is 1. The monoisotopic (exact) mass is 232 g/mol. The van der Waals surface area contributed by atoms with Gasteiger partial charge in [0.15, 0.2) is 5.78 Å². The van der Waals surface area contributed by atoms with E-state index in [4.69, 9.17) is 4.74 Å². The van der Waals surface area contributed by atoms with Crippen LogP contribution in [0.2, 0.25) is 0 Å². The third-order valence-corrected chi connectivity index (χ3v) is 3.57. The van der Waals surface area contributed by atoms with E-state index in [1.807, 2.05) is 18.2 Å². The lowest BCUT2D eigenvalue weighted by molar-refractivity contribution is 0.0957. The summed E-state index contributed by atoms with van der Waals surface area (Å²) in [7, 11) is 1.63. The molecular weight excluding hydrogens is 216 g/mol. The molecular formula is C13H16N2O2. The number of carbonyl (C=O) groups is 1. The number of ether oxygens (including phenoxy) is 1. The number of fused-ring (bicyclic) bond motifs is 1. The number of carbonyl (C=O) groups excluding carboxylic acids is 1. The molecule has 0 spiro atoms. The molecule has 4 nitrogen and oxygen atoms in total. The second-order valence-electron chi connectivity index (χ2n) is 4.63. The number of methoxy groups -OCH3 is 1. The molecule has 17 heavy (non-hydrogen) atoms. The fourth-order valence-electron chi connectivity index (χ4n) is 2.47. The third kappa shape index (κ3) is 2.06. The molecule has 0 saturated carbocycles. The van der Waals surface area contributed by atoms with Gasteiger partial charge in [-0.1, -0.05) is 6.07 Å². The number of hydrazine groups is 1. The van der Waals surface area contributed by atoms with E-state index in [-0.39, 0.29) is 5.78 Å². The maximum atomic E-state index is 12.2. The molecule has 0 aromatic heterocycles. The highest BCUT2D eigenvalue weighted by molar-refractivity contribution is 5.98. The third-order valence-electron chi connectivity index (χ3n) is 3.57. The molecule has 1 aliphatic heterocycles. The molecule has 0 bridgehead atoms. The Kier molecular flexibility index (Phi) is 2.61. The Morgan fingerprint density at radius 1 is 1.47 bits per heavy atom. The Hall–Kier alpha value is -1.39. The summed E-state index contributed by atoms with van der Waals surface area (Å²) < 4.78 is 5.18. The van der Waals surface area contributed by atoms with Crippen LogP contribution in [0.1, 0.15) is 28.8 Å². The maximum Gasteiger partial charge on any atom is 0.164 e. The van der Waals surface area contributed by atoms with Crippen molar-refractivity contribution in [2.75, 3.05) is 13.8 Å². The first-order valence-corrected chi connectivity index (χ1v) is 5.98. The van der Waals surface area contributed by atoms with Crippen LogP contribution in [-0.4, -0.2) is 30.6 Å². The predicted octanol–water partition coefficient (Wildman–Crippen LogP) is 1.36. The number of hydrogen-bond donors (Lipinski definition) is 1. The molecule has 0 radical (unpaired) electrons. The van der Waals surface area contributed by atoms with Gasteiger partial charge >= 0.3 is 0 Å². The van der Waals surface area contributed by atoms with E-state index in [1.54, 1.807) is 7.11 Å². The molecule has 2 unspecified atom stereocenters. The Morgan fingerprint density at radius 3 is 3.00 bits per heavy atom. The first kappa shape index (κ1) is 10.7. The van der Waals surface area contributed by atoms with Gasteiger partial charge in [-0.2, -0.15) is 0 Å². The lowest BCUT2D eigenvalue weighted by Crippen LogP contribution is -2.23. The lowest BCUT2D eigenvalue weighted by Gasteiger charge is -2.11. The first-order chi connectivity index (χ1) is 8.28. The minimum atomic E-state index is 0.232. The van der Waals surface area contributed by atoms with Crippen molar-refractivity contribution in [3.63, 3.8) is 0 Å². The zero-order valence-electron chi connectivity index (χ0n) is 9.90. The summed E-state index contributed by atoms with van der Waals surface area (Å²) in [6.07, 6.45) is 2.61. The van der Waals surface area contributed by atoms with Crippen LogP contribution in [0.3, 0.4) is 0 Å². The van der Waals surface area contributed by atoms with Gasteiger partial charge in [-0.25, -0.2) is 10.4 Å². The summed E-state index contributed by atoms with van der Waals surface area (Å²) in [6, 6.07) is 6.17. The van der Waals surface area contributed by atoms with Crippen molar-refractivity contribution in [2.45, 2.75) is 25.3 Å². The quantitative estimate of drug-likeness (QED) is 0.618. The largest absolute Gasteiger partial charge is 0.497 e. The summed E-state index contributed by atoms with van der Waals surface area (Å²) in [5.74, 6) is 0.996. The Bertz CT molecular complexity index is 455. The average Bonchev–Trinajstić information content (AvgIpc) is 3.17. The van der Waals surface area contributed by atoms with Crippen molar-refractivity contribution < 1.29 is 9.53 Å². The highest BCUT2D eigenvalue weighted by atomic mass is 16.5. The van der Waals surface area contributed by atoms with Crippen molar-refractivity contribution in [1.82, 2.24) is 10.4 Å². The van der Waals surface area contributed by atoms with Crippen LogP contribution in [0.15, 0.2) is 18.2 Å². The van der Waals surface area contributed by atoms with Gasteiger partial charge in [-0.3, -0.25) is 4.79 Å². The zero-order chi connectivity index (χ0) is 11.8. The van der Waals surface area contributed by atoms with Crippen molar-refractivity contribution in [3.8, 4) is 5.75 Å². The van der Waals surface area contributed by atoms with Gasteiger partial charge in [0.2, 0.25) is 0 Å². The molecule has 1 fully saturated rings. The van der Waals surface area contributed by atoms with Crippen LogP contribution < -0.4 is 10.2 Å². The van der Waals surface area contributed by atoms with Gasteiger partial charge in [0.1, 0.15) is 5.75 Å². The fourth-order valence-corrected chi connectivity index (χ4v) is 2.47. The SMILES string of the molecule is COc1ccc2c(c1)C(=O)CC(N1CN1)CC2. The highest BCUT2D eigenvalue weighted by Gasteiger charge is 2.32. The standard InChI is InChI=1S/C13H16N2O2/c1-17-11-5-3-9-2-4-10(15-8-14-15)6-13(16)12(9)7-11/h3,5,7,10,14H,2,4,6,8H2,1H3. The second kappa shape index (κ2) is 4.13. The van der Waals surface area contributed by atoms with E-state index in [2.05, 4.69) is 10.4 Å². The van der Waals surface area contributed by atoms with Crippen LogP contribution in [-0.2, 0) is 6.42 Å². The lowest BCUT2D eigenvalue weighted by atomic mass is 10.0. The fraction of sp³-hybridized carbons (Fsp3) is 0.462. The minimum Gasteiger partial charge on any atom is -0.497 e. The van der Waals surface area contributed by atoms with Crippen molar-refractivity contribution in [2.24, 2.45) is 0 Å². The molecule has 2 aliphatic rings. The van der Waals surface area contributed by atoms with Crippen LogP contribution in [0, 0.1) is 0 Å². The average molecular weight is 232 g/mol. The maximum absolute atomic E-state index is 12.2. The molecule has 1 saturated heterocycles. The predicted molar refractivity (Wildman–Crippen MR) is 63.9 cm³/mol. The Labute approximate surface area is 101 Å². The number of nitrogens with one attached hydrogen (secondary N) is 1. The topological polar surface area (TPSA) is 51.2 Å². The number of ketones is 1. The number of rotatable bonds is 2. The van der Waals surface area contributed by atoms with E-state index >= 15 is 0 Å². The molecule has 90 valence electrons. The smallest absolute Gasteiger partial charge is 0.164 e. The first-order valence-electron chi connectivity index (χ1n) is 5.98. The molecule has 0 amide bonds. The number of benzene rings is 1. The molecule has 2 atom stereocenters. The van der Waals surface area contributed by atoms with Crippen LogP contribution in [0.25, 0.3) is 0 Å². The van der Waals surface area contributed by atoms with Gasteiger partial charge in [0.25, 0.3) is 0 Å². The van der Waals surface area contributed by atoms with Gasteiger partial charge < -0.3 is 4.74 Å². The number of hydrogen-bond acceptors (Lipinski definition) is 4. The summed E-state index contributed by atoms with van der Waals surface area (Å²) in [5, 5.41) is 2.14. The summed E-state index contributed by atoms with van der Waals surface area (Å²) in [6.45, 7) is 0.914.